The SMILES string of the molecule is N#C[n+]1ccccc1.O=C([O-])C(F)(F)F. The lowest BCUT2D eigenvalue weighted by Crippen LogP contribution is -2.37. The molecular formula is C8H5F3N2O2. The molecule has 0 N–H and O–H groups in total. The largest absolute Gasteiger partial charge is 0.542 e. The van der Waals surface area contributed by atoms with E-state index in [9.17, 15) is 13.2 Å². The summed E-state index contributed by atoms with van der Waals surface area (Å²) in [5.41, 5.74) is 0. The number of halogens is 3. The average Bonchev–Trinajstić information content (AvgIpc) is 2.18. The van der Waals surface area contributed by atoms with Crippen LogP contribution in [0.25, 0.3) is 0 Å². The minimum Gasteiger partial charge on any atom is -0.542 e. The number of nitriles is 1. The molecule has 0 atom stereocenters. The Hall–Kier alpha value is -2.10. The van der Waals surface area contributed by atoms with Crippen molar-refractivity contribution in [1.82, 2.24) is 0 Å². The second-order valence-electron chi connectivity index (χ2n) is 2.17. The van der Waals surface area contributed by atoms with Crippen LogP contribution in [0.5, 0.6) is 0 Å². The number of carbonyl (C=O) groups excluding carboxylic acids is 1. The number of nitrogens with zero attached hydrogens (tertiary/aromatic N) is 2. The van der Waals surface area contributed by atoms with Gasteiger partial charge >= 0.3 is 12.4 Å². The van der Waals surface area contributed by atoms with Gasteiger partial charge in [0.05, 0.1) is 0 Å². The highest BCUT2D eigenvalue weighted by Gasteiger charge is 2.28. The van der Waals surface area contributed by atoms with Crippen molar-refractivity contribution in [1.29, 1.82) is 5.26 Å². The van der Waals surface area contributed by atoms with Crippen LogP contribution in [0.15, 0.2) is 30.6 Å². The summed E-state index contributed by atoms with van der Waals surface area (Å²) in [6, 6.07) is 5.49. The number of pyridine rings is 1. The van der Waals surface area contributed by atoms with Gasteiger partial charge in [-0.05, 0) is 12.1 Å². The predicted molar refractivity (Wildman–Crippen MR) is 38.7 cm³/mol. The molecule has 0 aliphatic carbocycles. The minimum atomic E-state index is -5.19. The van der Waals surface area contributed by atoms with E-state index in [2.05, 4.69) is 0 Å². The van der Waals surface area contributed by atoms with Gasteiger partial charge in [0.1, 0.15) is 18.4 Å². The molecule has 0 aromatic carbocycles. The van der Waals surface area contributed by atoms with Crippen LogP contribution in [0.1, 0.15) is 0 Å². The molecule has 80 valence electrons. The van der Waals surface area contributed by atoms with Gasteiger partial charge in [0, 0.05) is 0 Å². The van der Waals surface area contributed by atoms with Crippen LogP contribution in [-0.4, -0.2) is 12.1 Å². The molecule has 0 aliphatic heterocycles. The van der Waals surface area contributed by atoms with Crippen LogP contribution >= 0.6 is 0 Å². The van der Waals surface area contributed by atoms with Gasteiger partial charge in [-0.2, -0.15) is 13.2 Å². The van der Waals surface area contributed by atoms with Crippen molar-refractivity contribution < 1.29 is 27.6 Å². The molecule has 0 fully saturated rings. The Morgan fingerprint density at radius 3 is 1.87 bits per heavy atom. The molecule has 1 heterocycles. The standard InChI is InChI=1S/C6H5N2.C2HF3O2/c7-6-8-4-2-1-3-5-8;3-2(4,5)1(6)7/h1-5H;(H,6,7)/q+1;/p-1. The lowest BCUT2D eigenvalue weighted by Gasteiger charge is -2.03. The van der Waals surface area contributed by atoms with E-state index in [0.29, 0.717) is 0 Å². The van der Waals surface area contributed by atoms with Crippen molar-refractivity contribution in [3.05, 3.63) is 30.6 Å². The number of hydrogen-bond acceptors (Lipinski definition) is 3. The Labute approximate surface area is 82.8 Å². The number of aliphatic carboxylic acids is 1. The Morgan fingerprint density at radius 1 is 1.27 bits per heavy atom. The van der Waals surface area contributed by atoms with Gasteiger partial charge in [-0.15, -0.1) is 4.57 Å². The molecule has 0 bridgehead atoms. The van der Waals surface area contributed by atoms with E-state index in [-0.39, 0.29) is 0 Å². The van der Waals surface area contributed by atoms with Crippen molar-refractivity contribution in [3.63, 3.8) is 0 Å². The third-order valence-electron chi connectivity index (χ3n) is 1.06. The molecule has 0 amide bonds. The summed E-state index contributed by atoms with van der Waals surface area (Å²) >= 11 is 0. The molecule has 0 unspecified atom stereocenters. The molecular weight excluding hydrogens is 213 g/mol. The minimum absolute atomic E-state index is 1.43. The van der Waals surface area contributed by atoms with Gasteiger partial charge in [-0.1, -0.05) is 6.07 Å². The van der Waals surface area contributed by atoms with Gasteiger partial charge < -0.3 is 9.90 Å². The van der Waals surface area contributed by atoms with Gasteiger partial charge in [-0.25, -0.2) is 0 Å². The van der Waals surface area contributed by atoms with E-state index in [0.717, 1.165) is 0 Å². The van der Waals surface area contributed by atoms with Crippen LogP contribution in [0.3, 0.4) is 0 Å². The first kappa shape index (κ1) is 12.9. The zero-order valence-corrected chi connectivity index (χ0v) is 7.23. The Bertz CT molecular complexity index is 356. The Morgan fingerprint density at radius 2 is 1.67 bits per heavy atom. The number of carbonyl (C=O) groups is 1. The summed E-state index contributed by atoms with van der Waals surface area (Å²) in [6.45, 7) is 0. The third kappa shape index (κ3) is 6.04. The van der Waals surface area contributed by atoms with Crippen molar-refractivity contribution >= 4 is 5.97 Å². The zero-order valence-electron chi connectivity index (χ0n) is 7.23. The van der Waals surface area contributed by atoms with Crippen molar-refractivity contribution in [2.75, 3.05) is 0 Å². The van der Waals surface area contributed by atoms with Gasteiger partial charge in [0.15, 0.2) is 5.26 Å². The van der Waals surface area contributed by atoms with Crippen LogP contribution in [0, 0.1) is 11.5 Å². The monoisotopic (exact) mass is 218 g/mol. The van der Waals surface area contributed by atoms with Crippen molar-refractivity contribution in [3.8, 4) is 6.19 Å². The highest BCUT2D eigenvalue weighted by atomic mass is 19.4. The fraction of sp³-hybridized carbons (Fsp3) is 0.125. The first-order chi connectivity index (χ1) is 6.88. The second kappa shape index (κ2) is 5.59. The first-order valence-electron chi connectivity index (χ1n) is 3.52. The topological polar surface area (TPSA) is 67.8 Å². The van der Waals surface area contributed by atoms with Crippen LogP contribution < -0.4 is 9.67 Å². The molecule has 7 heteroatoms. The van der Waals surface area contributed by atoms with E-state index >= 15 is 0 Å². The molecule has 0 saturated carbocycles. The number of hydrogen-bond donors (Lipinski definition) is 0. The predicted octanol–water partition coefficient (Wildman–Crippen LogP) is -0.398. The second-order valence-corrected chi connectivity index (χ2v) is 2.17. The van der Waals surface area contributed by atoms with Crippen LogP contribution in [0.2, 0.25) is 0 Å². The quantitative estimate of drug-likeness (QED) is 0.556. The van der Waals surface area contributed by atoms with E-state index in [1.807, 2.05) is 24.4 Å². The summed E-state index contributed by atoms with van der Waals surface area (Å²) < 4.78 is 33.0. The molecule has 4 nitrogen and oxygen atoms in total. The fourth-order valence-electron chi connectivity index (χ4n) is 0.465. The molecule has 1 rings (SSSR count). The van der Waals surface area contributed by atoms with Gasteiger partial charge in [-0.3, -0.25) is 0 Å². The zero-order chi connectivity index (χ0) is 11.9. The summed E-state index contributed by atoms with van der Waals surface area (Å²) in [7, 11) is 0. The van der Waals surface area contributed by atoms with Gasteiger partial charge in [0.25, 0.3) is 0 Å². The highest BCUT2D eigenvalue weighted by molar-refractivity contribution is 5.70. The number of rotatable bonds is 0. The van der Waals surface area contributed by atoms with Gasteiger partial charge in [0.2, 0.25) is 0 Å². The van der Waals surface area contributed by atoms with Crippen LogP contribution in [-0.2, 0) is 4.79 Å². The maximum Gasteiger partial charge on any atom is 0.463 e. The first-order valence-corrected chi connectivity index (χ1v) is 3.52. The van der Waals surface area contributed by atoms with E-state index in [4.69, 9.17) is 15.2 Å². The summed E-state index contributed by atoms with van der Waals surface area (Å²) in [5.74, 6) is -3.01. The van der Waals surface area contributed by atoms with Crippen LogP contribution in [0.4, 0.5) is 13.2 Å². The van der Waals surface area contributed by atoms with E-state index in [1.54, 1.807) is 12.4 Å². The lowest BCUT2D eigenvalue weighted by atomic mass is 10.5. The van der Waals surface area contributed by atoms with E-state index in [1.165, 1.54) is 4.57 Å². The Balaban J connectivity index is 0.000000265. The lowest BCUT2D eigenvalue weighted by molar-refractivity contribution is -0.586. The Kier molecular flexibility index (Phi) is 4.81. The molecule has 1 aromatic rings. The smallest absolute Gasteiger partial charge is 0.463 e. The molecule has 0 saturated heterocycles. The maximum absolute atomic E-state index is 10.5. The molecule has 0 aliphatic rings. The summed E-state index contributed by atoms with van der Waals surface area (Å²) in [6.07, 6.45) is 0.138. The summed E-state index contributed by atoms with van der Waals surface area (Å²) in [4.78, 5) is 8.78. The molecule has 0 spiro atoms. The number of carboxylic acid groups (broad SMARTS) is 1. The molecule has 0 radical (unpaired) electrons. The summed E-state index contributed by atoms with van der Waals surface area (Å²) in [5, 5.41) is 17.0. The van der Waals surface area contributed by atoms with E-state index < -0.39 is 12.1 Å². The number of aromatic nitrogens is 1. The number of alkyl halides is 3. The fourth-order valence-corrected chi connectivity index (χ4v) is 0.465. The third-order valence-corrected chi connectivity index (χ3v) is 1.06. The normalized spacial score (nSPS) is 9.47. The molecule has 15 heavy (non-hydrogen) atoms. The van der Waals surface area contributed by atoms with Crippen molar-refractivity contribution in [2.45, 2.75) is 6.18 Å². The average molecular weight is 218 g/mol. The number of carboxylic acids is 1. The maximum atomic E-state index is 10.5. The molecule has 1 aromatic heterocycles. The highest BCUT2D eigenvalue weighted by Crippen LogP contribution is 2.11. The van der Waals surface area contributed by atoms with Crippen molar-refractivity contribution in [2.24, 2.45) is 0 Å².